The predicted molar refractivity (Wildman–Crippen MR) is 75.7 cm³/mol. The van der Waals surface area contributed by atoms with Crippen LogP contribution < -0.4 is 0 Å². The quantitative estimate of drug-likeness (QED) is 0.906. The number of rotatable bonds is 3. The number of hydrogen-bond acceptors (Lipinski definition) is 4. The standard InChI is InChI=1S/C15H25N3O/c1-4-14-16-7-5-12(17-14)10-18-8-6-13(19)9-15(2,3)11-18/h5,7,13,19H,4,6,8-11H2,1-3H3. The average molecular weight is 263 g/mol. The van der Waals surface area contributed by atoms with E-state index >= 15 is 0 Å². The van der Waals surface area contributed by atoms with Crippen molar-refractivity contribution >= 4 is 0 Å². The molecule has 1 atom stereocenters. The molecule has 1 unspecified atom stereocenters. The molecule has 0 radical (unpaired) electrons. The molecule has 4 heteroatoms. The number of aliphatic hydroxyl groups excluding tert-OH is 1. The second kappa shape index (κ2) is 5.97. The Bertz CT molecular complexity index is 420. The minimum absolute atomic E-state index is 0.163. The number of aryl methyl sites for hydroxylation is 1. The third-order valence-corrected chi connectivity index (χ3v) is 3.68. The van der Waals surface area contributed by atoms with Crippen LogP contribution in [0.1, 0.15) is 45.1 Å². The SMILES string of the molecule is CCc1nccc(CN2CCC(O)CC(C)(C)C2)n1. The van der Waals surface area contributed by atoms with Crippen molar-refractivity contribution in [2.24, 2.45) is 5.41 Å². The van der Waals surface area contributed by atoms with Crippen LogP contribution in [-0.4, -0.2) is 39.2 Å². The second-order valence-corrected chi connectivity index (χ2v) is 6.34. The largest absolute Gasteiger partial charge is 0.393 e. The number of likely N-dealkylation sites (tertiary alicyclic amines) is 1. The van der Waals surface area contributed by atoms with Gasteiger partial charge in [-0.2, -0.15) is 0 Å². The van der Waals surface area contributed by atoms with Gasteiger partial charge in [0.25, 0.3) is 0 Å². The van der Waals surface area contributed by atoms with Crippen LogP contribution in [0, 0.1) is 5.41 Å². The molecule has 0 bridgehead atoms. The lowest BCUT2D eigenvalue weighted by molar-refractivity contribution is 0.121. The van der Waals surface area contributed by atoms with Crippen LogP contribution in [0.5, 0.6) is 0 Å². The van der Waals surface area contributed by atoms with Gasteiger partial charge < -0.3 is 5.11 Å². The molecule has 1 aliphatic heterocycles. The van der Waals surface area contributed by atoms with Crippen LogP contribution in [0.3, 0.4) is 0 Å². The van der Waals surface area contributed by atoms with Gasteiger partial charge in [0, 0.05) is 32.3 Å². The Labute approximate surface area is 115 Å². The van der Waals surface area contributed by atoms with Gasteiger partial charge in [0.05, 0.1) is 11.8 Å². The molecular weight excluding hydrogens is 238 g/mol. The maximum atomic E-state index is 9.94. The summed E-state index contributed by atoms with van der Waals surface area (Å²) in [6.45, 7) is 9.33. The predicted octanol–water partition coefficient (Wildman–Crippen LogP) is 2.02. The minimum atomic E-state index is -0.170. The third kappa shape index (κ3) is 4.25. The first kappa shape index (κ1) is 14.4. The zero-order valence-electron chi connectivity index (χ0n) is 12.3. The first-order valence-electron chi connectivity index (χ1n) is 7.20. The molecule has 2 rings (SSSR count). The number of nitrogens with zero attached hydrogens (tertiary/aromatic N) is 3. The maximum absolute atomic E-state index is 9.94. The zero-order chi connectivity index (χ0) is 13.9. The average Bonchev–Trinajstić information content (AvgIpc) is 2.47. The molecule has 0 aromatic carbocycles. The van der Waals surface area contributed by atoms with E-state index in [1.54, 1.807) is 0 Å². The molecule has 0 spiro atoms. The van der Waals surface area contributed by atoms with E-state index in [0.717, 1.165) is 50.4 Å². The Morgan fingerprint density at radius 3 is 3.00 bits per heavy atom. The first-order valence-corrected chi connectivity index (χ1v) is 7.20. The van der Waals surface area contributed by atoms with Crippen molar-refractivity contribution in [3.63, 3.8) is 0 Å². The highest BCUT2D eigenvalue weighted by molar-refractivity contribution is 5.03. The van der Waals surface area contributed by atoms with Crippen molar-refractivity contribution in [3.8, 4) is 0 Å². The summed E-state index contributed by atoms with van der Waals surface area (Å²) < 4.78 is 0. The fourth-order valence-corrected chi connectivity index (χ4v) is 2.88. The van der Waals surface area contributed by atoms with Crippen molar-refractivity contribution in [3.05, 3.63) is 23.8 Å². The summed E-state index contributed by atoms with van der Waals surface area (Å²) in [6.07, 6.45) is 4.29. The molecule has 4 nitrogen and oxygen atoms in total. The topological polar surface area (TPSA) is 49.2 Å². The van der Waals surface area contributed by atoms with Crippen molar-refractivity contribution < 1.29 is 5.11 Å². The summed E-state index contributed by atoms with van der Waals surface area (Å²) in [4.78, 5) is 11.2. The lowest BCUT2D eigenvalue weighted by Crippen LogP contribution is -2.32. The van der Waals surface area contributed by atoms with E-state index < -0.39 is 0 Å². The minimum Gasteiger partial charge on any atom is -0.393 e. The van der Waals surface area contributed by atoms with E-state index in [-0.39, 0.29) is 11.5 Å². The molecule has 1 N–H and O–H groups in total. The van der Waals surface area contributed by atoms with E-state index in [0.29, 0.717) is 0 Å². The molecule has 1 aliphatic rings. The summed E-state index contributed by atoms with van der Waals surface area (Å²) in [6, 6.07) is 1.99. The second-order valence-electron chi connectivity index (χ2n) is 6.34. The van der Waals surface area contributed by atoms with Crippen LogP contribution >= 0.6 is 0 Å². The van der Waals surface area contributed by atoms with Crippen LogP contribution in [0.25, 0.3) is 0 Å². The van der Waals surface area contributed by atoms with Gasteiger partial charge in [0.2, 0.25) is 0 Å². The van der Waals surface area contributed by atoms with Gasteiger partial charge >= 0.3 is 0 Å². The fraction of sp³-hybridized carbons (Fsp3) is 0.733. The maximum Gasteiger partial charge on any atom is 0.128 e. The van der Waals surface area contributed by atoms with Gasteiger partial charge in [0.1, 0.15) is 5.82 Å². The summed E-state index contributed by atoms with van der Waals surface area (Å²) in [5.74, 6) is 0.909. The van der Waals surface area contributed by atoms with Gasteiger partial charge in [-0.3, -0.25) is 4.90 Å². The summed E-state index contributed by atoms with van der Waals surface area (Å²) in [5, 5.41) is 9.94. The Hall–Kier alpha value is -1.00. The lowest BCUT2D eigenvalue weighted by atomic mass is 9.87. The normalized spacial score (nSPS) is 24.1. The van der Waals surface area contributed by atoms with Gasteiger partial charge in [0.15, 0.2) is 0 Å². The molecule has 1 aromatic rings. The molecule has 0 aliphatic carbocycles. The van der Waals surface area contributed by atoms with E-state index in [1.807, 2.05) is 12.3 Å². The van der Waals surface area contributed by atoms with Gasteiger partial charge in [-0.1, -0.05) is 20.8 Å². The first-order chi connectivity index (χ1) is 8.98. The van der Waals surface area contributed by atoms with Gasteiger partial charge in [-0.05, 0) is 24.3 Å². The highest BCUT2D eigenvalue weighted by Crippen LogP contribution is 2.28. The van der Waals surface area contributed by atoms with Gasteiger partial charge in [-0.15, -0.1) is 0 Å². The zero-order valence-corrected chi connectivity index (χ0v) is 12.3. The highest BCUT2D eigenvalue weighted by Gasteiger charge is 2.29. The van der Waals surface area contributed by atoms with E-state index in [2.05, 4.69) is 35.6 Å². The number of hydrogen-bond donors (Lipinski definition) is 1. The smallest absolute Gasteiger partial charge is 0.128 e. The molecule has 0 saturated carbocycles. The Morgan fingerprint density at radius 1 is 1.47 bits per heavy atom. The fourth-order valence-electron chi connectivity index (χ4n) is 2.88. The highest BCUT2D eigenvalue weighted by atomic mass is 16.3. The van der Waals surface area contributed by atoms with Crippen LogP contribution in [0.15, 0.2) is 12.3 Å². The van der Waals surface area contributed by atoms with Crippen LogP contribution in [0.2, 0.25) is 0 Å². The molecule has 106 valence electrons. The third-order valence-electron chi connectivity index (χ3n) is 3.68. The summed E-state index contributed by atoms with van der Waals surface area (Å²) in [7, 11) is 0. The number of aliphatic hydroxyl groups is 1. The van der Waals surface area contributed by atoms with Crippen LogP contribution in [0.4, 0.5) is 0 Å². The Balaban J connectivity index is 2.05. The molecule has 1 fully saturated rings. The van der Waals surface area contributed by atoms with E-state index in [1.165, 1.54) is 0 Å². The van der Waals surface area contributed by atoms with E-state index in [4.69, 9.17) is 0 Å². The molecule has 0 amide bonds. The molecular formula is C15H25N3O. The molecule has 2 heterocycles. The Kier molecular flexibility index (Phi) is 4.53. The molecule has 19 heavy (non-hydrogen) atoms. The molecule has 1 aromatic heterocycles. The lowest BCUT2D eigenvalue weighted by Gasteiger charge is -2.29. The number of aromatic nitrogens is 2. The molecule has 1 saturated heterocycles. The van der Waals surface area contributed by atoms with Crippen molar-refractivity contribution in [2.45, 2.75) is 52.7 Å². The Morgan fingerprint density at radius 2 is 2.26 bits per heavy atom. The van der Waals surface area contributed by atoms with Crippen molar-refractivity contribution in [1.82, 2.24) is 14.9 Å². The monoisotopic (exact) mass is 263 g/mol. The van der Waals surface area contributed by atoms with Crippen molar-refractivity contribution in [1.29, 1.82) is 0 Å². The summed E-state index contributed by atoms with van der Waals surface area (Å²) >= 11 is 0. The van der Waals surface area contributed by atoms with E-state index in [9.17, 15) is 5.11 Å². The van der Waals surface area contributed by atoms with Crippen molar-refractivity contribution in [2.75, 3.05) is 13.1 Å². The van der Waals surface area contributed by atoms with Crippen LogP contribution in [-0.2, 0) is 13.0 Å². The summed E-state index contributed by atoms with van der Waals surface area (Å²) in [5.41, 5.74) is 1.25. The van der Waals surface area contributed by atoms with Gasteiger partial charge in [-0.25, -0.2) is 9.97 Å².